The lowest BCUT2D eigenvalue weighted by atomic mass is 9.78. The summed E-state index contributed by atoms with van der Waals surface area (Å²) >= 11 is 0. The van der Waals surface area contributed by atoms with Crippen molar-refractivity contribution in [3.63, 3.8) is 0 Å². The van der Waals surface area contributed by atoms with Crippen LogP contribution in [-0.4, -0.2) is 67.8 Å². The van der Waals surface area contributed by atoms with Gasteiger partial charge >= 0.3 is 0 Å². The maximum absolute atomic E-state index is 12.7. The quantitative estimate of drug-likeness (QED) is 0.840. The van der Waals surface area contributed by atoms with Crippen molar-refractivity contribution in [1.29, 1.82) is 0 Å². The molecule has 0 bridgehead atoms. The second-order valence-corrected chi connectivity index (χ2v) is 7.74. The lowest BCUT2D eigenvalue weighted by Gasteiger charge is -2.39. The van der Waals surface area contributed by atoms with Crippen molar-refractivity contribution < 1.29 is 14.3 Å². The molecular formula is C20H28N2O3. The predicted molar refractivity (Wildman–Crippen MR) is 95.1 cm³/mol. The number of hydrogen-bond acceptors (Lipinski definition) is 4. The van der Waals surface area contributed by atoms with E-state index in [1.54, 1.807) is 0 Å². The normalized spacial score (nSPS) is 30.7. The fourth-order valence-corrected chi connectivity index (χ4v) is 4.51. The highest BCUT2D eigenvalue weighted by atomic mass is 16.5. The van der Waals surface area contributed by atoms with Crippen LogP contribution in [-0.2, 0) is 20.8 Å². The van der Waals surface area contributed by atoms with Crippen molar-refractivity contribution in [3.8, 4) is 0 Å². The predicted octanol–water partition coefficient (Wildman–Crippen LogP) is 1.92. The number of ether oxygens (including phenoxy) is 2. The highest BCUT2D eigenvalue weighted by molar-refractivity contribution is 5.81. The Balaban J connectivity index is 1.36. The Kier molecular flexibility index (Phi) is 5.06. The molecule has 4 rings (SSSR count). The summed E-state index contributed by atoms with van der Waals surface area (Å²) in [5, 5.41) is 0. The molecule has 0 N–H and O–H groups in total. The molecule has 136 valence electrons. The van der Waals surface area contributed by atoms with E-state index in [1.165, 1.54) is 18.4 Å². The van der Waals surface area contributed by atoms with E-state index in [0.717, 1.165) is 32.7 Å². The molecule has 3 saturated heterocycles. The third-order valence-electron chi connectivity index (χ3n) is 5.80. The number of hydrogen-bond donors (Lipinski definition) is 0. The smallest absolute Gasteiger partial charge is 0.251 e. The lowest BCUT2D eigenvalue weighted by molar-refractivity contribution is -0.144. The van der Waals surface area contributed by atoms with Crippen LogP contribution in [0.2, 0.25) is 0 Å². The molecule has 1 aromatic carbocycles. The molecule has 1 aromatic rings. The molecule has 1 spiro atoms. The summed E-state index contributed by atoms with van der Waals surface area (Å²) in [7, 11) is 0. The van der Waals surface area contributed by atoms with E-state index in [0.29, 0.717) is 26.3 Å². The van der Waals surface area contributed by atoms with Crippen LogP contribution in [0, 0.1) is 5.41 Å². The van der Waals surface area contributed by atoms with Crippen LogP contribution >= 0.6 is 0 Å². The van der Waals surface area contributed by atoms with Crippen LogP contribution in [0.1, 0.15) is 24.8 Å². The molecule has 0 aromatic heterocycles. The van der Waals surface area contributed by atoms with Gasteiger partial charge in [-0.05, 0) is 31.4 Å². The number of carbonyl (C=O) groups excluding carboxylic acids is 1. The maximum Gasteiger partial charge on any atom is 0.251 e. The summed E-state index contributed by atoms with van der Waals surface area (Å²) < 4.78 is 11.4. The second kappa shape index (κ2) is 7.44. The van der Waals surface area contributed by atoms with E-state index in [4.69, 9.17) is 9.47 Å². The molecule has 0 saturated carbocycles. The standard InChI is InChI=1S/C20H28N2O3/c23-19(22-9-11-24-12-10-22)18-13-20(16-25-18)7-4-8-21(15-20)14-17-5-2-1-3-6-17/h1-3,5-6,18H,4,7-16H2/t18-,20-/m1/s1. The molecule has 25 heavy (non-hydrogen) atoms. The SMILES string of the molecule is O=C([C@H]1C[C@@]2(CCCN(Cc3ccccc3)C2)CO1)N1CCOCC1. The van der Waals surface area contributed by atoms with E-state index in [-0.39, 0.29) is 17.4 Å². The molecule has 0 unspecified atom stereocenters. The third kappa shape index (κ3) is 3.89. The van der Waals surface area contributed by atoms with E-state index in [9.17, 15) is 4.79 Å². The van der Waals surface area contributed by atoms with Gasteiger partial charge in [-0.25, -0.2) is 0 Å². The monoisotopic (exact) mass is 344 g/mol. The van der Waals surface area contributed by atoms with Crippen molar-refractivity contribution >= 4 is 5.91 Å². The van der Waals surface area contributed by atoms with Crippen molar-refractivity contribution in [1.82, 2.24) is 9.80 Å². The fraction of sp³-hybridized carbons (Fsp3) is 0.650. The van der Waals surface area contributed by atoms with Gasteiger partial charge in [-0.2, -0.15) is 0 Å². The van der Waals surface area contributed by atoms with Crippen molar-refractivity contribution in [2.45, 2.75) is 31.9 Å². The number of nitrogens with zero attached hydrogens (tertiary/aromatic N) is 2. The molecule has 3 aliphatic heterocycles. The van der Waals surface area contributed by atoms with Gasteiger partial charge in [0.25, 0.3) is 5.91 Å². The Morgan fingerprint density at radius 1 is 1.16 bits per heavy atom. The van der Waals surface area contributed by atoms with Crippen LogP contribution in [0.4, 0.5) is 0 Å². The van der Waals surface area contributed by atoms with Crippen molar-refractivity contribution in [3.05, 3.63) is 35.9 Å². The molecule has 1 amide bonds. The van der Waals surface area contributed by atoms with Crippen molar-refractivity contribution in [2.75, 3.05) is 46.0 Å². The summed E-state index contributed by atoms with van der Waals surface area (Å²) in [6.45, 7) is 6.58. The molecule has 0 aliphatic carbocycles. The topological polar surface area (TPSA) is 42.0 Å². The number of likely N-dealkylation sites (tertiary alicyclic amines) is 1. The van der Waals surface area contributed by atoms with Gasteiger partial charge in [-0.3, -0.25) is 9.69 Å². The van der Waals surface area contributed by atoms with E-state index in [1.807, 2.05) is 4.90 Å². The summed E-state index contributed by atoms with van der Waals surface area (Å²) in [6.07, 6.45) is 2.98. The second-order valence-electron chi connectivity index (χ2n) is 7.74. The molecule has 3 fully saturated rings. The van der Waals surface area contributed by atoms with E-state index < -0.39 is 0 Å². The average Bonchev–Trinajstić information content (AvgIpc) is 3.06. The zero-order chi connectivity index (χ0) is 17.1. The Morgan fingerprint density at radius 3 is 2.76 bits per heavy atom. The number of rotatable bonds is 3. The molecule has 0 radical (unpaired) electrons. The van der Waals surface area contributed by atoms with Gasteiger partial charge in [0, 0.05) is 31.6 Å². The summed E-state index contributed by atoms with van der Waals surface area (Å²) in [6, 6.07) is 10.7. The number of amides is 1. The molecule has 3 heterocycles. The maximum atomic E-state index is 12.7. The minimum atomic E-state index is -0.255. The minimum Gasteiger partial charge on any atom is -0.378 e. The lowest BCUT2D eigenvalue weighted by Crippen LogP contribution is -2.46. The molecule has 5 heteroatoms. The molecule has 2 atom stereocenters. The summed E-state index contributed by atoms with van der Waals surface area (Å²) in [5.41, 5.74) is 1.51. The summed E-state index contributed by atoms with van der Waals surface area (Å²) in [4.78, 5) is 17.2. The zero-order valence-electron chi connectivity index (χ0n) is 14.9. The highest BCUT2D eigenvalue weighted by Crippen LogP contribution is 2.41. The zero-order valence-corrected chi connectivity index (χ0v) is 14.9. The first-order valence-corrected chi connectivity index (χ1v) is 9.49. The van der Waals surface area contributed by atoms with E-state index in [2.05, 4.69) is 35.2 Å². The van der Waals surface area contributed by atoms with Crippen LogP contribution in [0.5, 0.6) is 0 Å². The van der Waals surface area contributed by atoms with Crippen LogP contribution in [0.3, 0.4) is 0 Å². The molecule has 3 aliphatic rings. The van der Waals surface area contributed by atoms with Gasteiger partial charge < -0.3 is 14.4 Å². The Morgan fingerprint density at radius 2 is 1.96 bits per heavy atom. The van der Waals surface area contributed by atoms with Crippen molar-refractivity contribution in [2.24, 2.45) is 5.41 Å². The van der Waals surface area contributed by atoms with Gasteiger partial charge in [0.1, 0.15) is 6.10 Å². The largest absolute Gasteiger partial charge is 0.378 e. The van der Waals surface area contributed by atoms with Gasteiger partial charge in [-0.1, -0.05) is 30.3 Å². The number of piperidine rings is 1. The summed E-state index contributed by atoms with van der Waals surface area (Å²) in [5.74, 6) is 0.167. The first-order valence-electron chi connectivity index (χ1n) is 9.49. The van der Waals surface area contributed by atoms with Gasteiger partial charge in [-0.15, -0.1) is 0 Å². The first kappa shape index (κ1) is 17.0. The number of morpholine rings is 1. The Hall–Kier alpha value is -1.43. The molecule has 5 nitrogen and oxygen atoms in total. The average molecular weight is 344 g/mol. The fourth-order valence-electron chi connectivity index (χ4n) is 4.51. The highest BCUT2D eigenvalue weighted by Gasteiger charge is 2.46. The Bertz CT molecular complexity index is 588. The van der Waals surface area contributed by atoms with Crippen LogP contribution < -0.4 is 0 Å². The Labute approximate surface area is 149 Å². The third-order valence-corrected chi connectivity index (χ3v) is 5.80. The van der Waals surface area contributed by atoms with Gasteiger partial charge in [0.15, 0.2) is 0 Å². The van der Waals surface area contributed by atoms with Crippen LogP contribution in [0.25, 0.3) is 0 Å². The van der Waals surface area contributed by atoms with Gasteiger partial charge in [0.05, 0.1) is 19.8 Å². The molecular weight excluding hydrogens is 316 g/mol. The van der Waals surface area contributed by atoms with E-state index >= 15 is 0 Å². The minimum absolute atomic E-state index is 0.152. The first-order chi connectivity index (χ1) is 12.2. The number of carbonyl (C=O) groups is 1. The number of benzene rings is 1. The van der Waals surface area contributed by atoms with Gasteiger partial charge in [0.2, 0.25) is 0 Å². The van der Waals surface area contributed by atoms with Crippen LogP contribution in [0.15, 0.2) is 30.3 Å².